The number of imidazole rings is 1. The van der Waals surface area contributed by atoms with Crippen LogP contribution in [-0.4, -0.2) is 46.5 Å². The van der Waals surface area contributed by atoms with Gasteiger partial charge in [-0.1, -0.05) is 12.1 Å². The molecule has 7 nitrogen and oxygen atoms in total. The molecule has 1 aliphatic heterocycles. The quantitative estimate of drug-likeness (QED) is 0.630. The predicted molar refractivity (Wildman–Crippen MR) is 104 cm³/mol. The molecule has 0 aliphatic carbocycles. The molecule has 146 valence electrons. The van der Waals surface area contributed by atoms with Crippen molar-refractivity contribution in [2.75, 3.05) is 25.0 Å². The lowest BCUT2D eigenvalue weighted by atomic mass is 10.1. The molecule has 1 saturated heterocycles. The topological polar surface area (TPSA) is 90.2 Å². The summed E-state index contributed by atoms with van der Waals surface area (Å²) in [5, 5.41) is 2.85. The lowest BCUT2D eigenvalue weighted by Crippen LogP contribution is -2.42. The molecule has 1 aromatic heterocycles. The minimum Gasteiger partial charge on any atom is -0.487 e. The van der Waals surface area contributed by atoms with Crippen LogP contribution in [0.15, 0.2) is 47.3 Å². The summed E-state index contributed by atoms with van der Waals surface area (Å²) in [6.45, 7) is 1.68. The first-order valence-electron chi connectivity index (χ1n) is 9.22. The Balaban J connectivity index is 1.27. The second-order valence-corrected chi connectivity index (χ2v) is 6.91. The Hall–Kier alpha value is -3.13. The van der Waals surface area contributed by atoms with Crippen molar-refractivity contribution in [3.63, 3.8) is 0 Å². The van der Waals surface area contributed by atoms with Crippen LogP contribution in [0.4, 0.5) is 10.1 Å². The van der Waals surface area contributed by atoms with Crippen molar-refractivity contribution in [3.05, 3.63) is 58.8 Å². The number of benzene rings is 2. The van der Waals surface area contributed by atoms with E-state index in [1.807, 2.05) is 4.90 Å². The van der Waals surface area contributed by atoms with Crippen molar-refractivity contribution in [1.29, 1.82) is 0 Å². The van der Waals surface area contributed by atoms with Crippen molar-refractivity contribution in [2.24, 2.45) is 0 Å². The number of ether oxygens (including phenoxy) is 1. The Bertz CT molecular complexity index is 1040. The highest BCUT2D eigenvalue weighted by Gasteiger charge is 2.23. The maximum Gasteiger partial charge on any atom is 0.323 e. The van der Waals surface area contributed by atoms with Gasteiger partial charge in [-0.3, -0.25) is 9.69 Å². The van der Waals surface area contributed by atoms with E-state index >= 15 is 0 Å². The Labute approximate surface area is 160 Å². The fraction of sp³-hybridized carbons (Fsp3) is 0.300. The number of fused-ring (bicyclic) bond motifs is 1. The average molecular weight is 384 g/mol. The maximum atomic E-state index is 13.7. The minimum absolute atomic E-state index is 0.0518. The fourth-order valence-electron chi connectivity index (χ4n) is 3.42. The summed E-state index contributed by atoms with van der Waals surface area (Å²) in [6, 6.07) is 11.6. The van der Waals surface area contributed by atoms with Crippen LogP contribution in [0.5, 0.6) is 5.75 Å². The number of aromatic nitrogens is 2. The van der Waals surface area contributed by atoms with Crippen LogP contribution in [0.25, 0.3) is 11.0 Å². The molecule has 0 radical (unpaired) electrons. The van der Waals surface area contributed by atoms with Gasteiger partial charge in [0.15, 0.2) is 11.6 Å². The summed E-state index contributed by atoms with van der Waals surface area (Å²) in [6.07, 6.45) is 1.42. The van der Waals surface area contributed by atoms with Crippen LogP contribution < -0.4 is 15.7 Å². The van der Waals surface area contributed by atoms with Crippen LogP contribution >= 0.6 is 0 Å². The Morgan fingerprint density at radius 3 is 2.68 bits per heavy atom. The van der Waals surface area contributed by atoms with Gasteiger partial charge in [0.05, 0.1) is 17.6 Å². The highest BCUT2D eigenvalue weighted by Crippen LogP contribution is 2.22. The number of carbonyl (C=O) groups is 1. The zero-order chi connectivity index (χ0) is 19.5. The van der Waals surface area contributed by atoms with E-state index in [2.05, 4.69) is 15.3 Å². The maximum absolute atomic E-state index is 13.7. The molecular formula is C20H21FN4O3. The fourth-order valence-corrected chi connectivity index (χ4v) is 3.42. The highest BCUT2D eigenvalue weighted by molar-refractivity contribution is 5.94. The second-order valence-electron chi connectivity index (χ2n) is 6.91. The van der Waals surface area contributed by atoms with Gasteiger partial charge in [-0.05, 0) is 43.2 Å². The smallest absolute Gasteiger partial charge is 0.323 e. The standard InChI is InChI=1S/C20H21FN4O3/c21-15-3-1-2-4-18(15)28-14-7-9-25(10-8-14)12-19(26)22-13-5-6-16-17(11-13)24-20(27)23-16/h1-6,11,14H,7-10,12H2,(H,22,26)(H2,23,24,27). The molecule has 1 amide bonds. The number of aromatic amines is 2. The van der Waals surface area contributed by atoms with Crippen LogP contribution in [0.1, 0.15) is 12.8 Å². The number of para-hydroxylation sites is 1. The first kappa shape index (κ1) is 18.2. The van der Waals surface area contributed by atoms with E-state index in [-0.39, 0.29) is 35.8 Å². The first-order chi connectivity index (χ1) is 13.6. The van der Waals surface area contributed by atoms with Crippen molar-refractivity contribution in [2.45, 2.75) is 18.9 Å². The van der Waals surface area contributed by atoms with Crippen molar-refractivity contribution < 1.29 is 13.9 Å². The second kappa shape index (κ2) is 7.85. The number of anilines is 1. The lowest BCUT2D eigenvalue weighted by Gasteiger charge is -2.31. The third kappa shape index (κ3) is 4.23. The SMILES string of the molecule is O=C(CN1CCC(Oc2ccccc2F)CC1)Nc1ccc2[nH]c(=O)[nH]c2c1. The Morgan fingerprint density at radius 1 is 1.14 bits per heavy atom. The molecule has 4 rings (SSSR count). The number of likely N-dealkylation sites (tertiary alicyclic amines) is 1. The van der Waals surface area contributed by atoms with Gasteiger partial charge in [0.2, 0.25) is 5.91 Å². The van der Waals surface area contributed by atoms with Gasteiger partial charge < -0.3 is 20.0 Å². The summed E-state index contributed by atoms with van der Waals surface area (Å²) in [5.74, 6) is -0.201. The number of halogens is 1. The predicted octanol–water partition coefficient (Wildman–Crippen LogP) is 2.48. The Kier molecular flexibility index (Phi) is 5.12. The number of rotatable bonds is 5. The molecule has 3 aromatic rings. The van der Waals surface area contributed by atoms with Gasteiger partial charge in [0, 0.05) is 18.8 Å². The van der Waals surface area contributed by atoms with E-state index < -0.39 is 0 Å². The number of piperidine rings is 1. The summed E-state index contributed by atoms with van der Waals surface area (Å²) in [7, 11) is 0. The molecule has 1 aliphatic rings. The number of amides is 1. The van der Waals surface area contributed by atoms with E-state index in [1.165, 1.54) is 6.07 Å². The van der Waals surface area contributed by atoms with Gasteiger partial charge in [-0.2, -0.15) is 0 Å². The summed E-state index contributed by atoms with van der Waals surface area (Å²) < 4.78 is 19.4. The van der Waals surface area contributed by atoms with E-state index in [9.17, 15) is 14.0 Å². The number of carbonyl (C=O) groups excluding carboxylic acids is 1. The molecular weight excluding hydrogens is 363 g/mol. The van der Waals surface area contributed by atoms with Gasteiger partial charge in [0.25, 0.3) is 0 Å². The molecule has 3 N–H and O–H groups in total. The molecule has 0 spiro atoms. The number of H-pyrrole nitrogens is 2. The molecule has 0 bridgehead atoms. The third-order valence-corrected chi connectivity index (χ3v) is 4.83. The number of nitrogens with one attached hydrogen (secondary N) is 3. The zero-order valence-corrected chi connectivity index (χ0v) is 15.2. The van der Waals surface area contributed by atoms with Crippen molar-refractivity contribution in [3.8, 4) is 5.75 Å². The average Bonchev–Trinajstić information content (AvgIpc) is 3.04. The largest absolute Gasteiger partial charge is 0.487 e. The molecule has 0 saturated carbocycles. The van der Waals surface area contributed by atoms with Gasteiger partial charge >= 0.3 is 5.69 Å². The molecule has 0 unspecified atom stereocenters. The molecule has 28 heavy (non-hydrogen) atoms. The van der Waals surface area contributed by atoms with Gasteiger partial charge in [-0.25, -0.2) is 9.18 Å². The molecule has 1 fully saturated rings. The van der Waals surface area contributed by atoms with Crippen LogP contribution in [-0.2, 0) is 4.79 Å². The number of nitrogens with zero attached hydrogens (tertiary/aromatic N) is 1. The highest BCUT2D eigenvalue weighted by atomic mass is 19.1. The van der Waals surface area contributed by atoms with E-state index in [0.717, 1.165) is 12.8 Å². The molecule has 2 aromatic carbocycles. The normalized spacial score (nSPS) is 15.6. The number of hydrogen-bond acceptors (Lipinski definition) is 4. The summed E-state index contributed by atoms with van der Waals surface area (Å²) in [5.41, 5.74) is 1.69. The van der Waals surface area contributed by atoms with Crippen LogP contribution in [0.3, 0.4) is 0 Å². The van der Waals surface area contributed by atoms with E-state index in [4.69, 9.17) is 4.74 Å². The minimum atomic E-state index is -0.356. The zero-order valence-electron chi connectivity index (χ0n) is 15.2. The summed E-state index contributed by atoms with van der Waals surface area (Å²) in [4.78, 5) is 31.0. The monoisotopic (exact) mass is 384 g/mol. The molecule has 0 atom stereocenters. The summed E-state index contributed by atoms with van der Waals surface area (Å²) >= 11 is 0. The van der Waals surface area contributed by atoms with E-state index in [1.54, 1.807) is 36.4 Å². The van der Waals surface area contributed by atoms with Crippen LogP contribution in [0, 0.1) is 5.82 Å². The van der Waals surface area contributed by atoms with Gasteiger partial charge in [0.1, 0.15) is 6.10 Å². The van der Waals surface area contributed by atoms with E-state index in [0.29, 0.717) is 29.8 Å². The third-order valence-electron chi connectivity index (χ3n) is 4.83. The van der Waals surface area contributed by atoms with Gasteiger partial charge in [-0.15, -0.1) is 0 Å². The number of hydrogen-bond donors (Lipinski definition) is 3. The Morgan fingerprint density at radius 2 is 1.89 bits per heavy atom. The first-order valence-corrected chi connectivity index (χ1v) is 9.22. The molecule has 2 heterocycles. The van der Waals surface area contributed by atoms with Crippen molar-refractivity contribution in [1.82, 2.24) is 14.9 Å². The lowest BCUT2D eigenvalue weighted by molar-refractivity contribution is -0.117. The van der Waals surface area contributed by atoms with Crippen molar-refractivity contribution >= 4 is 22.6 Å². The van der Waals surface area contributed by atoms with Crippen LogP contribution in [0.2, 0.25) is 0 Å². The molecule has 8 heteroatoms.